The first kappa shape index (κ1) is 13.4. The molecule has 0 unspecified atom stereocenters. The number of carbonyl (C=O) groups excluding carboxylic acids is 1. The summed E-state index contributed by atoms with van der Waals surface area (Å²) < 4.78 is 41.1. The lowest BCUT2D eigenvalue weighted by Gasteiger charge is -2.00. The van der Waals surface area contributed by atoms with Crippen molar-refractivity contribution in [1.82, 2.24) is 10.2 Å². The number of benzene rings is 1. The van der Waals surface area contributed by atoms with Gasteiger partial charge < -0.3 is 4.42 Å². The van der Waals surface area contributed by atoms with E-state index in [9.17, 15) is 17.5 Å². The van der Waals surface area contributed by atoms with Gasteiger partial charge in [0.05, 0.1) is 12.1 Å². The number of carbonyl (C=O) groups is 1. The van der Waals surface area contributed by atoms with Gasteiger partial charge in [0.25, 0.3) is 11.8 Å². The minimum atomic E-state index is -2.90. The predicted molar refractivity (Wildman–Crippen MR) is 60.6 cm³/mol. The molecule has 0 fully saturated rings. The molecule has 1 aromatic heterocycles. The van der Waals surface area contributed by atoms with E-state index < -0.39 is 24.2 Å². The number of aromatic nitrogens is 2. The van der Waals surface area contributed by atoms with Crippen molar-refractivity contribution in [1.29, 1.82) is 0 Å². The van der Waals surface area contributed by atoms with Gasteiger partial charge in [-0.25, -0.2) is 0 Å². The fraction of sp³-hybridized carbons (Fsp3) is 0.100. The second kappa shape index (κ2) is 5.74. The molecule has 0 spiro atoms. The number of alkyl halides is 2. The van der Waals surface area contributed by atoms with Gasteiger partial charge in [-0.3, -0.25) is 10.1 Å². The number of hydrogen-bond acceptors (Lipinski definition) is 5. The second-order valence-corrected chi connectivity index (χ2v) is 3.93. The summed E-state index contributed by atoms with van der Waals surface area (Å²) >= 11 is 0.0438. The average molecular weight is 289 g/mol. The van der Waals surface area contributed by atoms with Crippen molar-refractivity contribution in [2.24, 2.45) is 0 Å². The Hall–Kier alpha value is -2.03. The van der Waals surface area contributed by atoms with Crippen molar-refractivity contribution in [2.45, 2.75) is 11.3 Å². The van der Waals surface area contributed by atoms with Crippen LogP contribution >= 0.6 is 12.1 Å². The number of halogens is 3. The van der Waals surface area contributed by atoms with E-state index in [2.05, 4.69) is 19.9 Å². The van der Waals surface area contributed by atoms with Gasteiger partial charge in [0.2, 0.25) is 0 Å². The summed E-state index contributed by atoms with van der Waals surface area (Å²) in [7, 11) is 0. The second-order valence-electron chi connectivity index (χ2n) is 3.30. The van der Waals surface area contributed by atoms with Gasteiger partial charge in [0.1, 0.15) is 0 Å². The van der Waals surface area contributed by atoms with E-state index in [0.29, 0.717) is 4.90 Å². The molecule has 19 heavy (non-hydrogen) atoms. The molecule has 9 heteroatoms. The van der Waals surface area contributed by atoms with E-state index in [0.717, 1.165) is 0 Å². The summed E-state index contributed by atoms with van der Waals surface area (Å²) in [5.41, 5.74) is 0.203. The summed E-state index contributed by atoms with van der Waals surface area (Å²) in [6, 6.07) is 5.13. The van der Waals surface area contributed by atoms with Crippen LogP contribution in [0.25, 0.3) is 0 Å². The van der Waals surface area contributed by atoms with Crippen molar-refractivity contribution >= 4 is 24.1 Å². The first-order chi connectivity index (χ1) is 9.10. The number of rotatable bonds is 4. The quantitative estimate of drug-likeness (QED) is 0.935. The van der Waals surface area contributed by atoms with E-state index in [1.54, 1.807) is 0 Å². The molecule has 0 saturated carbocycles. The summed E-state index contributed by atoms with van der Waals surface area (Å²) in [6.07, 6.45) is -2.90. The Morgan fingerprint density at radius 2 is 1.95 bits per heavy atom. The fourth-order valence-corrected chi connectivity index (χ4v) is 1.44. The van der Waals surface area contributed by atoms with E-state index in [1.165, 1.54) is 24.3 Å². The molecule has 0 aliphatic rings. The van der Waals surface area contributed by atoms with Crippen LogP contribution in [-0.2, 0) is 0 Å². The molecule has 0 atom stereocenters. The Labute approximate surface area is 109 Å². The Bertz CT molecular complexity index is 574. The Morgan fingerprint density at radius 3 is 2.47 bits per heavy atom. The Kier molecular flexibility index (Phi) is 4.05. The lowest BCUT2D eigenvalue weighted by atomic mass is 10.2. The molecule has 5 nitrogen and oxygen atoms in total. The van der Waals surface area contributed by atoms with Crippen molar-refractivity contribution in [3.63, 3.8) is 0 Å². The fourth-order valence-electron chi connectivity index (χ4n) is 1.20. The maximum absolute atomic E-state index is 12.2. The summed E-state index contributed by atoms with van der Waals surface area (Å²) in [5.74, 6) is -1.50. The molecule has 1 amide bonds. The third kappa shape index (κ3) is 3.25. The van der Waals surface area contributed by atoms with E-state index in [4.69, 9.17) is 0 Å². The highest BCUT2D eigenvalue weighted by molar-refractivity contribution is 7.94. The molecule has 1 heterocycles. The van der Waals surface area contributed by atoms with Crippen LogP contribution < -0.4 is 5.32 Å². The van der Waals surface area contributed by atoms with Crippen LogP contribution in [-0.4, -0.2) is 16.1 Å². The minimum absolute atomic E-state index is 0.0438. The number of amides is 1. The first-order valence-corrected chi connectivity index (χ1v) is 5.63. The van der Waals surface area contributed by atoms with Gasteiger partial charge in [-0.2, -0.15) is 12.7 Å². The van der Waals surface area contributed by atoms with Crippen molar-refractivity contribution in [2.75, 3.05) is 5.32 Å². The zero-order valence-electron chi connectivity index (χ0n) is 9.14. The standard InChI is InChI=1S/C10H6F3N3O2S/c11-7(12)9-15-16-10(18-9)14-8(17)5-1-3-6(19-13)4-2-5/h1-4,7H,(H,14,16,17). The van der Waals surface area contributed by atoms with Crippen LogP contribution in [0.15, 0.2) is 33.6 Å². The van der Waals surface area contributed by atoms with Gasteiger partial charge in [-0.05, 0) is 24.3 Å². The van der Waals surface area contributed by atoms with Crippen molar-refractivity contribution < 1.29 is 21.9 Å². The topological polar surface area (TPSA) is 68.0 Å². The third-order valence-corrected chi connectivity index (χ3v) is 2.50. The van der Waals surface area contributed by atoms with Crippen LogP contribution in [0.4, 0.5) is 18.7 Å². The van der Waals surface area contributed by atoms with E-state index in [-0.39, 0.29) is 17.7 Å². The van der Waals surface area contributed by atoms with Crippen LogP contribution in [0.5, 0.6) is 0 Å². The van der Waals surface area contributed by atoms with Gasteiger partial charge in [0, 0.05) is 10.5 Å². The third-order valence-electron chi connectivity index (χ3n) is 2.05. The highest BCUT2D eigenvalue weighted by Gasteiger charge is 2.17. The SMILES string of the molecule is O=C(Nc1nnc(C(F)F)o1)c1ccc(SF)cc1. The number of hydrogen-bond donors (Lipinski definition) is 1. The summed E-state index contributed by atoms with van der Waals surface area (Å²) in [6.45, 7) is 0. The molecule has 1 N–H and O–H groups in total. The number of nitrogens with zero attached hydrogens (tertiary/aromatic N) is 2. The zero-order valence-corrected chi connectivity index (χ0v) is 9.96. The van der Waals surface area contributed by atoms with Crippen LogP contribution in [0.2, 0.25) is 0 Å². The van der Waals surface area contributed by atoms with Crippen molar-refractivity contribution in [3.05, 3.63) is 35.7 Å². The zero-order chi connectivity index (χ0) is 13.8. The van der Waals surface area contributed by atoms with Crippen molar-refractivity contribution in [3.8, 4) is 0 Å². The lowest BCUT2D eigenvalue weighted by molar-refractivity contribution is 0.101. The average Bonchev–Trinajstić information content (AvgIpc) is 2.87. The highest BCUT2D eigenvalue weighted by atomic mass is 32.2. The Morgan fingerprint density at radius 1 is 1.26 bits per heavy atom. The van der Waals surface area contributed by atoms with E-state index in [1.807, 2.05) is 0 Å². The van der Waals surface area contributed by atoms with Gasteiger partial charge in [-0.1, -0.05) is 5.10 Å². The molecule has 0 bridgehead atoms. The monoisotopic (exact) mass is 289 g/mol. The lowest BCUT2D eigenvalue weighted by Crippen LogP contribution is -2.11. The Balaban J connectivity index is 2.06. The molecule has 2 aromatic rings. The molecule has 0 aliphatic heterocycles. The number of nitrogens with one attached hydrogen (secondary N) is 1. The van der Waals surface area contributed by atoms with Gasteiger partial charge >= 0.3 is 12.4 Å². The molecule has 100 valence electrons. The molecular formula is C10H6F3N3O2S. The number of anilines is 1. The van der Waals surface area contributed by atoms with Gasteiger partial charge in [0.15, 0.2) is 0 Å². The smallest absolute Gasteiger partial charge is 0.322 e. The minimum Gasteiger partial charge on any atom is -0.402 e. The molecule has 0 aliphatic carbocycles. The molecule has 2 rings (SSSR count). The predicted octanol–water partition coefficient (Wildman–Crippen LogP) is 3.24. The first-order valence-electron chi connectivity index (χ1n) is 4.91. The van der Waals surface area contributed by atoms with Crippen LogP contribution in [0.1, 0.15) is 22.7 Å². The van der Waals surface area contributed by atoms with Crippen LogP contribution in [0.3, 0.4) is 0 Å². The summed E-state index contributed by atoms with van der Waals surface area (Å²) in [5, 5.41) is 8.46. The maximum Gasteiger partial charge on any atom is 0.322 e. The largest absolute Gasteiger partial charge is 0.402 e. The van der Waals surface area contributed by atoms with Gasteiger partial charge in [-0.15, -0.1) is 5.10 Å². The highest BCUT2D eigenvalue weighted by Crippen LogP contribution is 2.20. The molecule has 0 saturated heterocycles. The normalized spacial score (nSPS) is 10.7. The molecular weight excluding hydrogens is 283 g/mol. The molecule has 0 radical (unpaired) electrons. The summed E-state index contributed by atoms with van der Waals surface area (Å²) in [4.78, 5) is 12.0. The molecule has 1 aromatic carbocycles. The van der Waals surface area contributed by atoms with E-state index >= 15 is 0 Å². The maximum atomic E-state index is 12.2. The van der Waals surface area contributed by atoms with Crippen LogP contribution in [0, 0.1) is 0 Å².